The molecule has 54 heavy (non-hydrogen) atoms. The third-order valence-corrected chi connectivity index (χ3v) is 12.5. The Morgan fingerprint density at radius 3 is 1.00 bits per heavy atom. The van der Waals surface area contributed by atoms with Crippen molar-refractivity contribution >= 4 is 79.5 Å². The zero-order chi connectivity index (χ0) is 35.6. The fraction of sp³-hybridized carbons (Fsp3) is 0. The van der Waals surface area contributed by atoms with E-state index in [9.17, 15) is 0 Å². The maximum absolute atomic E-state index is 5.37. The van der Waals surface area contributed by atoms with Crippen LogP contribution in [0.4, 0.5) is 34.1 Å². The SMILES string of the molecule is c1ccc2c(c1)Sc1ccccc1N2c1ccc(-c2nc3cc4ccccc4cc3nc2-c2ccc(N3c4ccccc4Sc4ccccc43)cc2)cc1. The second kappa shape index (κ2) is 12.7. The molecule has 2 aliphatic heterocycles. The zero-order valence-electron chi connectivity index (χ0n) is 28.9. The molecule has 0 amide bonds. The Balaban J connectivity index is 1.04. The van der Waals surface area contributed by atoms with Gasteiger partial charge in [-0.05, 0) is 95.7 Å². The van der Waals surface area contributed by atoms with E-state index in [1.54, 1.807) is 0 Å². The van der Waals surface area contributed by atoms with E-state index >= 15 is 0 Å². The number of hydrogen-bond donors (Lipinski definition) is 0. The molecule has 0 saturated carbocycles. The smallest absolute Gasteiger partial charge is 0.0973 e. The highest BCUT2D eigenvalue weighted by atomic mass is 32.2. The zero-order valence-corrected chi connectivity index (χ0v) is 30.6. The van der Waals surface area contributed by atoms with E-state index in [-0.39, 0.29) is 0 Å². The van der Waals surface area contributed by atoms with E-state index in [1.165, 1.54) is 42.3 Å². The fourth-order valence-electron chi connectivity index (χ4n) is 7.65. The van der Waals surface area contributed by atoms with Gasteiger partial charge in [0.15, 0.2) is 0 Å². The normalized spacial score (nSPS) is 13.0. The van der Waals surface area contributed by atoms with Crippen LogP contribution in [0.25, 0.3) is 44.3 Å². The standard InChI is InChI=1S/C48H30N4S2/c1-2-12-34-30-38-37(29-33(34)11-1)49-47(31-21-25-35(26-22-31)51-39-13-3-7-17-43(39)53-44-18-8-4-14-40(44)51)48(50-38)32-23-27-36(28-24-32)52-41-15-5-9-19-45(41)54-46-20-10-6-16-42(46)52/h1-30H. The van der Waals surface area contributed by atoms with Crippen molar-refractivity contribution in [3.8, 4) is 22.5 Å². The molecule has 0 unspecified atom stereocenters. The second-order valence-corrected chi connectivity index (χ2v) is 15.6. The van der Waals surface area contributed by atoms with E-state index in [0.29, 0.717) is 0 Å². The molecule has 0 radical (unpaired) electrons. The van der Waals surface area contributed by atoms with Gasteiger partial charge in [-0.2, -0.15) is 0 Å². The van der Waals surface area contributed by atoms with E-state index in [4.69, 9.17) is 9.97 Å². The quantitative estimate of drug-likeness (QED) is 0.168. The van der Waals surface area contributed by atoms with Crippen molar-refractivity contribution < 1.29 is 0 Å². The Kier molecular flexibility index (Phi) is 7.32. The summed E-state index contributed by atoms with van der Waals surface area (Å²) in [4.78, 5) is 20.4. The molecule has 1 aromatic heterocycles. The van der Waals surface area contributed by atoms with E-state index in [2.05, 4.69) is 192 Å². The lowest BCUT2D eigenvalue weighted by Crippen LogP contribution is -2.14. The van der Waals surface area contributed by atoms with Gasteiger partial charge in [0.1, 0.15) is 0 Å². The minimum absolute atomic E-state index is 0.858. The summed E-state index contributed by atoms with van der Waals surface area (Å²) in [6, 6.07) is 64.8. The van der Waals surface area contributed by atoms with Crippen molar-refractivity contribution in [1.82, 2.24) is 9.97 Å². The third-order valence-electron chi connectivity index (χ3n) is 10.2. The van der Waals surface area contributed by atoms with Crippen LogP contribution in [-0.4, -0.2) is 9.97 Å². The largest absolute Gasteiger partial charge is 0.308 e. The van der Waals surface area contributed by atoms with Gasteiger partial charge in [0.05, 0.1) is 45.2 Å². The summed E-state index contributed by atoms with van der Waals surface area (Å²) in [7, 11) is 0. The molecule has 3 heterocycles. The van der Waals surface area contributed by atoms with E-state index < -0.39 is 0 Å². The Morgan fingerprint density at radius 1 is 0.333 bits per heavy atom. The number of anilines is 6. The molecular weight excluding hydrogens is 697 g/mol. The highest BCUT2D eigenvalue weighted by Gasteiger charge is 2.26. The maximum atomic E-state index is 5.37. The molecule has 0 fully saturated rings. The van der Waals surface area contributed by atoms with Gasteiger partial charge in [0.25, 0.3) is 0 Å². The molecule has 0 aliphatic carbocycles. The third kappa shape index (κ3) is 5.17. The molecule has 4 nitrogen and oxygen atoms in total. The van der Waals surface area contributed by atoms with Gasteiger partial charge in [-0.25, -0.2) is 9.97 Å². The van der Waals surface area contributed by atoms with Crippen LogP contribution in [0.5, 0.6) is 0 Å². The molecule has 9 aromatic rings. The van der Waals surface area contributed by atoms with Crippen LogP contribution in [0.1, 0.15) is 0 Å². The molecule has 0 bridgehead atoms. The fourth-order valence-corrected chi connectivity index (χ4v) is 9.76. The maximum Gasteiger partial charge on any atom is 0.0973 e. The first-order chi connectivity index (χ1) is 26.7. The molecule has 11 rings (SSSR count). The summed E-state index contributed by atoms with van der Waals surface area (Å²) in [6.07, 6.45) is 0. The van der Waals surface area contributed by atoms with Crippen LogP contribution in [0.2, 0.25) is 0 Å². The van der Waals surface area contributed by atoms with Gasteiger partial charge in [-0.15, -0.1) is 0 Å². The average Bonchev–Trinajstić information content (AvgIpc) is 3.23. The van der Waals surface area contributed by atoms with E-state index in [0.717, 1.165) is 55.7 Å². The monoisotopic (exact) mass is 726 g/mol. The number of nitrogens with zero attached hydrogens (tertiary/aromatic N) is 4. The lowest BCUT2D eigenvalue weighted by atomic mass is 10.0. The Morgan fingerprint density at radius 2 is 0.648 bits per heavy atom. The summed E-state index contributed by atoms with van der Waals surface area (Å²) >= 11 is 3.64. The van der Waals surface area contributed by atoms with Crippen molar-refractivity contribution in [3.05, 3.63) is 182 Å². The number of fused-ring (bicyclic) bond motifs is 6. The van der Waals surface area contributed by atoms with Crippen LogP contribution in [0.15, 0.2) is 202 Å². The number of para-hydroxylation sites is 4. The first kappa shape index (κ1) is 31.2. The first-order valence-electron chi connectivity index (χ1n) is 18.0. The number of aromatic nitrogens is 2. The Bertz CT molecular complexity index is 2620. The Labute approximate surface area is 321 Å². The molecule has 6 heteroatoms. The number of rotatable bonds is 4. The summed E-state index contributed by atoms with van der Waals surface area (Å²) in [5.41, 5.74) is 12.5. The van der Waals surface area contributed by atoms with Gasteiger partial charge < -0.3 is 9.80 Å². The van der Waals surface area contributed by atoms with Crippen molar-refractivity contribution in [2.24, 2.45) is 0 Å². The lowest BCUT2D eigenvalue weighted by Gasteiger charge is -2.33. The van der Waals surface area contributed by atoms with Crippen LogP contribution < -0.4 is 9.80 Å². The van der Waals surface area contributed by atoms with E-state index in [1.807, 2.05) is 23.5 Å². The predicted octanol–water partition coefficient (Wildman–Crippen LogP) is 14.0. The number of hydrogen-bond acceptors (Lipinski definition) is 6. The van der Waals surface area contributed by atoms with Crippen molar-refractivity contribution in [2.75, 3.05) is 9.80 Å². The summed E-state index contributed by atoms with van der Waals surface area (Å²) in [6.45, 7) is 0. The molecule has 8 aromatic carbocycles. The van der Waals surface area contributed by atoms with Crippen LogP contribution in [0, 0.1) is 0 Å². The molecule has 0 saturated heterocycles. The van der Waals surface area contributed by atoms with Gasteiger partial charge >= 0.3 is 0 Å². The lowest BCUT2D eigenvalue weighted by molar-refractivity contribution is 1.16. The minimum atomic E-state index is 0.858. The Hall–Kier alpha value is -6.34. The predicted molar refractivity (Wildman–Crippen MR) is 226 cm³/mol. The summed E-state index contributed by atoms with van der Waals surface area (Å²) in [5.74, 6) is 0. The average molecular weight is 727 g/mol. The van der Waals surface area contributed by atoms with Crippen molar-refractivity contribution in [1.29, 1.82) is 0 Å². The topological polar surface area (TPSA) is 32.3 Å². The highest BCUT2D eigenvalue weighted by Crippen LogP contribution is 2.53. The summed E-state index contributed by atoms with van der Waals surface area (Å²) < 4.78 is 0. The molecular formula is C48H30N4S2. The van der Waals surface area contributed by atoms with Crippen LogP contribution in [-0.2, 0) is 0 Å². The van der Waals surface area contributed by atoms with Crippen LogP contribution >= 0.6 is 23.5 Å². The van der Waals surface area contributed by atoms with Crippen molar-refractivity contribution in [3.63, 3.8) is 0 Å². The first-order valence-corrected chi connectivity index (χ1v) is 19.6. The van der Waals surface area contributed by atoms with Crippen LogP contribution in [0.3, 0.4) is 0 Å². The molecule has 2 aliphatic rings. The molecule has 0 atom stereocenters. The minimum Gasteiger partial charge on any atom is -0.308 e. The molecule has 0 N–H and O–H groups in total. The van der Waals surface area contributed by atoms with Gasteiger partial charge in [-0.1, -0.05) is 121 Å². The molecule has 254 valence electrons. The van der Waals surface area contributed by atoms with Gasteiger partial charge in [0.2, 0.25) is 0 Å². The molecule has 0 spiro atoms. The highest BCUT2D eigenvalue weighted by molar-refractivity contribution is 8.00. The second-order valence-electron chi connectivity index (χ2n) is 13.4. The van der Waals surface area contributed by atoms with Gasteiger partial charge in [-0.3, -0.25) is 0 Å². The van der Waals surface area contributed by atoms with Gasteiger partial charge in [0, 0.05) is 42.1 Å². The van der Waals surface area contributed by atoms with Crippen molar-refractivity contribution in [2.45, 2.75) is 19.6 Å². The number of benzene rings is 8. The summed E-state index contributed by atoms with van der Waals surface area (Å²) in [5, 5.41) is 2.30.